The molecule has 0 aliphatic heterocycles. The summed E-state index contributed by atoms with van der Waals surface area (Å²) in [5.74, 6) is 0.0432. The fraction of sp³-hybridized carbons (Fsp3) is 0.462. The van der Waals surface area contributed by atoms with Gasteiger partial charge in [0, 0.05) is 5.69 Å². The molecule has 0 radical (unpaired) electrons. The molecule has 0 bridgehead atoms. The number of hydrogen-bond donors (Lipinski definition) is 1. The Morgan fingerprint density at radius 2 is 2.12 bits per heavy atom. The molecule has 1 atom stereocenters. The predicted octanol–water partition coefficient (Wildman–Crippen LogP) is 2.62. The third-order valence-corrected chi connectivity index (χ3v) is 2.45. The maximum atomic E-state index is 11.9. The van der Waals surface area contributed by atoms with Gasteiger partial charge in [-0.15, -0.1) is 0 Å². The van der Waals surface area contributed by atoms with Gasteiger partial charge in [0.25, 0.3) is 0 Å². The number of carbonyl (C=O) groups is 1. The molecule has 0 saturated carbocycles. The molecule has 0 saturated heterocycles. The van der Waals surface area contributed by atoms with Crippen molar-refractivity contribution < 1.29 is 14.3 Å². The van der Waals surface area contributed by atoms with Gasteiger partial charge in [-0.05, 0) is 32.4 Å². The third kappa shape index (κ3) is 3.37. The van der Waals surface area contributed by atoms with Crippen LogP contribution in [-0.2, 0) is 4.74 Å². The van der Waals surface area contributed by atoms with E-state index in [1.54, 1.807) is 18.2 Å². The molecule has 0 aliphatic carbocycles. The first kappa shape index (κ1) is 13.4. The maximum absolute atomic E-state index is 11.9. The van der Waals surface area contributed by atoms with Gasteiger partial charge >= 0.3 is 5.97 Å². The minimum atomic E-state index is -0.430. The van der Waals surface area contributed by atoms with E-state index in [4.69, 9.17) is 15.2 Å². The SMILES string of the molecule is CCOc1cccc(N)c1C(=O)OC(C)CC. The second-order valence-electron chi connectivity index (χ2n) is 3.78. The van der Waals surface area contributed by atoms with Crippen LogP contribution in [-0.4, -0.2) is 18.7 Å². The van der Waals surface area contributed by atoms with Crippen LogP contribution < -0.4 is 10.5 Å². The molecule has 0 spiro atoms. The van der Waals surface area contributed by atoms with E-state index in [2.05, 4.69) is 0 Å². The molecule has 94 valence electrons. The maximum Gasteiger partial charge on any atom is 0.344 e. The lowest BCUT2D eigenvalue weighted by Crippen LogP contribution is -2.16. The zero-order valence-electron chi connectivity index (χ0n) is 10.5. The van der Waals surface area contributed by atoms with Gasteiger partial charge < -0.3 is 15.2 Å². The molecule has 4 heteroatoms. The lowest BCUT2D eigenvalue weighted by atomic mass is 10.1. The van der Waals surface area contributed by atoms with Crippen molar-refractivity contribution >= 4 is 11.7 Å². The zero-order valence-corrected chi connectivity index (χ0v) is 10.5. The molecule has 17 heavy (non-hydrogen) atoms. The first-order chi connectivity index (χ1) is 8.10. The fourth-order valence-electron chi connectivity index (χ4n) is 1.37. The molecule has 1 aromatic carbocycles. The quantitative estimate of drug-likeness (QED) is 0.631. The molecule has 1 rings (SSSR count). The summed E-state index contributed by atoms with van der Waals surface area (Å²) in [5, 5.41) is 0. The summed E-state index contributed by atoms with van der Waals surface area (Å²) in [5.41, 5.74) is 6.48. The monoisotopic (exact) mass is 237 g/mol. The van der Waals surface area contributed by atoms with E-state index in [9.17, 15) is 4.79 Å². The Kier molecular flexibility index (Phi) is 4.82. The minimum absolute atomic E-state index is 0.128. The number of nitrogens with two attached hydrogens (primary N) is 1. The summed E-state index contributed by atoms with van der Waals surface area (Å²) in [4.78, 5) is 11.9. The van der Waals surface area contributed by atoms with Crippen molar-refractivity contribution in [3.63, 3.8) is 0 Å². The van der Waals surface area contributed by atoms with Crippen LogP contribution >= 0.6 is 0 Å². The van der Waals surface area contributed by atoms with E-state index in [1.165, 1.54) is 0 Å². The van der Waals surface area contributed by atoms with Crippen LogP contribution in [0.25, 0.3) is 0 Å². The molecule has 0 heterocycles. The highest BCUT2D eigenvalue weighted by Gasteiger charge is 2.19. The van der Waals surface area contributed by atoms with Crippen LogP contribution in [0.4, 0.5) is 5.69 Å². The van der Waals surface area contributed by atoms with Crippen molar-refractivity contribution in [1.29, 1.82) is 0 Å². The molecule has 2 N–H and O–H groups in total. The van der Waals surface area contributed by atoms with E-state index in [0.717, 1.165) is 6.42 Å². The highest BCUT2D eigenvalue weighted by molar-refractivity contribution is 5.98. The van der Waals surface area contributed by atoms with Crippen molar-refractivity contribution in [1.82, 2.24) is 0 Å². The number of benzene rings is 1. The molecular formula is C13H19NO3. The van der Waals surface area contributed by atoms with Gasteiger partial charge in [0.1, 0.15) is 11.3 Å². The Balaban J connectivity index is 2.98. The zero-order chi connectivity index (χ0) is 12.8. The molecule has 4 nitrogen and oxygen atoms in total. The van der Waals surface area contributed by atoms with Gasteiger partial charge in [-0.25, -0.2) is 4.79 Å². The average Bonchev–Trinajstić information content (AvgIpc) is 2.29. The van der Waals surface area contributed by atoms with Crippen molar-refractivity contribution in [3.05, 3.63) is 23.8 Å². The summed E-state index contributed by atoms with van der Waals surface area (Å²) in [6.45, 7) is 6.13. The Hall–Kier alpha value is -1.71. The number of carbonyl (C=O) groups excluding carboxylic acids is 1. The minimum Gasteiger partial charge on any atom is -0.493 e. The second kappa shape index (κ2) is 6.13. The standard InChI is InChI=1S/C13H19NO3/c1-4-9(3)17-13(15)12-10(14)7-6-8-11(12)16-5-2/h6-9H,4-5,14H2,1-3H3. The van der Waals surface area contributed by atoms with E-state index < -0.39 is 5.97 Å². The van der Waals surface area contributed by atoms with Gasteiger partial charge in [-0.2, -0.15) is 0 Å². The van der Waals surface area contributed by atoms with Gasteiger partial charge in [0.15, 0.2) is 0 Å². The molecular weight excluding hydrogens is 218 g/mol. The number of esters is 1. The predicted molar refractivity (Wildman–Crippen MR) is 67.2 cm³/mol. The molecule has 0 aromatic heterocycles. The summed E-state index contributed by atoms with van der Waals surface area (Å²) < 4.78 is 10.6. The topological polar surface area (TPSA) is 61.5 Å². The number of ether oxygens (including phenoxy) is 2. The molecule has 0 aliphatic rings. The Morgan fingerprint density at radius 3 is 2.71 bits per heavy atom. The van der Waals surface area contributed by atoms with Crippen molar-refractivity contribution in [2.75, 3.05) is 12.3 Å². The highest BCUT2D eigenvalue weighted by Crippen LogP contribution is 2.25. The van der Waals surface area contributed by atoms with Gasteiger partial charge in [0.2, 0.25) is 0 Å². The third-order valence-electron chi connectivity index (χ3n) is 2.45. The Morgan fingerprint density at radius 1 is 1.41 bits per heavy atom. The average molecular weight is 237 g/mol. The van der Waals surface area contributed by atoms with Crippen molar-refractivity contribution in [2.45, 2.75) is 33.3 Å². The van der Waals surface area contributed by atoms with Crippen LogP contribution in [0.1, 0.15) is 37.6 Å². The van der Waals surface area contributed by atoms with Crippen molar-refractivity contribution in [3.8, 4) is 5.75 Å². The van der Waals surface area contributed by atoms with Gasteiger partial charge in [-0.1, -0.05) is 13.0 Å². The fourth-order valence-corrected chi connectivity index (χ4v) is 1.37. The summed E-state index contributed by atoms with van der Waals surface area (Å²) in [6.07, 6.45) is 0.638. The van der Waals surface area contributed by atoms with Gasteiger partial charge in [0.05, 0.1) is 12.7 Å². The van der Waals surface area contributed by atoms with Crippen LogP contribution in [0.5, 0.6) is 5.75 Å². The number of hydrogen-bond acceptors (Lipinski definition) is 4. The molecule has 1 aromatic rings. The van der Waals surface area contributed by atoms with Crippen LogP contribution in [0.15, 0.2) is 18.2 Å². The Bertz CT molecular complexity index is 390. The Labute approximate surface area is 102 Å². The summed E-state index contributed by atoms with van der Waals surface area (Å²) in [7, 11) is 0. The van der Waals surface area contributed by atoms with Crippen molar-refractivity contribution in [2.24, 2.45) is 0 Å². The lowest BCUT2D eigenvalue weighted by Gasteiger charge is -2.15. The molecule has 0 amide bonds. The first-order valence-electron chi connectivity index (χ1n) is 5.82. The first-order valence-corrected chi connectivity index (χ1v) is 5.82. The largest absolute Gasteiger partial charge is 0.493 e. The number of anilines is 1. The number of nitrogen functional groups attached to an aromatic ring is 1. The summed E-state index contributed by atoms with van der Waals surface area (Å²) >= 11 is 0. The van der Waals surface area contributed by atoms with Gasteiger partial charge in [-0.3, -0.25) is 0 Å². The van der Waals surface area contributed by atoms with Crippen LogP contribution in [0, 0.1) is 0 Å². The second-order valence-corrected chi connectivity index (χ2v) is 3.78. The van der Waals surface area contributed by atoms with Crippen LogP contribution in [0.3, 0.4) is 0 Å². The highest BCUT2D eigenvalue weighted by atomic mass is 16.5. The summed E-state index contributed by atoms with van der Waals surface area (Å²) in [6, 6.07) is 5.13. The van der Waals surface area contributed by atoms with E-state index >= 15 is 0 Å². The van der Waals surface area contributed by atoms with E-state index in [0.29, 0.717) is 23.6 Å². The number of rotatable bonds is 5. The van der Waals surface area contributed by atoms with Crippen LogP contribution in [0.2, 0.25) is 0 Å². The van der Waals surface area contributed by atoms with E-state index in [1.807, 2.05) is 20.8 Å². The lowest BCUT2D eigenvalue weighted by molar-refractivity contribution is 0.0332. The molecule has 1 unspecified atom stereocenters. The normalized spacial score (nSPS) is 11.9. The molecule has 0 fully saturated rings. The van der Waals surface area contributed by atoms with E-state index in [-0.39, 0.29) is 6.10 Å². The smallest absolute Gasteiger partial charge is 0.344 e.